The number of sulfonamides is 1. The molecule has 2 N–H and O–H groups in total. The summed E-state index contributed by atoms with van der Waals surface area (Å²) in [6.07, 6.45) is -0.651. The van der Waals surface area contributed by atoms with E-state index < -0.39 is 33.8 Å². The summed E-state index contributed by atoms with van der Waals surface area (Å²) in [5.41, 5.74) is 0.632. The van der Waals surface area contributed by atoms with Gasteiger partial charge in [-0.05, 0) is 38.1 Å². The second kappa shape index (κ2) is 9.58. The van der Waals surface area contributed by atoms with Crippen LogP contribution in [0, 0.1) is 0 Å². The molecule has 0 saturated heterocycles. The zero-order valence-electron chi connectivity index (χ0n) is 18.7. The molecule has 0 bridgehead atoms. The van der Waals surface area contributed by atoms with E-state index in [2.05, 4.69) is 15.0 Å². The van der Waals surface area contributed by atoms with E-state index in [1.54, 1.807) is 37.3 Å². The fraction of sp³-hybridized carbons (Fsp3) is 0.217. The molecule has 182 valence electrons. The molecule has 11 nitrogen and oxygen atoms in total. The molecule has 0 saturated carbocycles. The standard InChI is InChI=1S/C23H21N3O8S/c1-3-32-23(29)25-15-8-9-16-14(10-20(27)34-18(16)11-15)12-33-22(28)13(2)24-21-17-6-4-5-7-19(17)35(30,31)26-21/h4-11,13H,3,12H2,1-2H3,(H,24,26)(H,25,29)/t13-/m0/s1. The van der Waals surface area contributed by atoms with Crippen LogP contribution in [0.3, 0.4) is 0 Å². The molecule has 1 aliphatic rings. The molecule has 1 aliphatic heterocycles. The Balaban J connectivity index is 1.50. The number of carbonyl (C=O) groups is 2. The van der Waals surface area contributed by atoms with Crippen LogP contribution in [0.2, 0.25) is 0 Å². The number of nitrogens with zero attached hydrogens (tertiary/aromatic N) is 1. The molecule has 0 aliphatic carbocycles. The molecule has 0 spiro atoms. The minimum absolute atomic E-state index is 0.0532. The highest BCUT2D eigenvalue weighted by Crippen LogP contribution is 2.24. The summed E-state index contributed by atoms with van der Waals surface area (Å²) in [4.78, 5) is 40.5. The number of anilines is 1. The number of aliphatic imine (C=N–C) groups is 1. The van der Waals surface area contributed by atoms with Crippen LogP contribution in [-0.2, 0) is 30.9 Å². The lowest BCUT2D eigenvalue weighted by Crippen LogP contribution is -2.26. The van der Waals surface area contributed by atoms with Crippen molar-refractivity contribution in [2.75, 3.05) is 11.9 Å². The monoisotopic (exact) mass is 499 g/mol. The quantitative estimate of drug-likeness (QED) is 0.387. The first-order valence-electron chi connectivity index (χ1n) is 10.5. The van der Waals surface area contributed by atoms with Gasteiger partial charge in [0.2, 0.25) is 0 Å². The van der Waals surface area contributed by atoms with Gasteiger partial charge in [0, 0.05) is 34.3 Å². The van der Waals surface area contributed by atoms with E-state index in [4.69, 9.17) is 13.9 Å². The third-order valence-electron chi connectivity index (χ3n) is 5.05. The number of amides is 1. The molecular weight excluding hydrogens is 478 g/mol. The fourth-order valence-corrected chi connectivity index (χ4v) is 4.70. The van der Waals surface area contributed by atoms with Crippen LogP contribution in [0.15, 0.2) is 67.6 Å². The SMILES string of the molecule is CCOC(=O)Nc1ccc2c(COC(=O)[C@H](C)N=C3NS(=O)(=O)c4ccccc43)cc(=O)oc2c1. The maximum absolute atomic E-state index is 12.6. The summed E-state index contributed by atoms with van der Waals surface area (Å²) in [6.45, 7) is 3.09. The number of hydrogen-bond donors (Lipinski definition) is 2. The van der Waals surface area contributed by atoms with Crippen LogP contribution in [-0.4, -0.2) is 39.0 Å². The second-order valence-electron chi connectivity index (χ2n) is 7.51. The molecule has 12 heteroatoms. The molecule has 0 fully saturated rings. The van der Waals surface area contributed by atoms with Crippen molar-refractivity contribution in [3.63, 3.8) is 0 Å². The van der Waals surface area contributed by atoms with E-state index in [-0.39, 0.29) is 29.5 Å². The average molecular weight is 500 g/mol. The van der Waals surface area contributed by atoms with Crippen molar-refractivity contribution in [3.05, 3.63) is 70.1 Å². The molecular formula is C23H21N3O8S. The third kappa shape index (κ3) is 5.17. The highest BCUT2D eigenvalue weighted by molar-refractivity contribution is 7.90. The zero-order valence-corrected chi connectivity index (χ0v) is 19.5. The van der Waals surface area contributed by atoms with Crippen LogP contribution in [0.1, 0.15) is 25.0 Å². The van der Waals surface area contributed by atoms with Crippen LogP contribution >= 0.6 is 0 Å². The normalized spacial score (nSPS) is 15.8. The summed E-state index contributed by atoms with van der Waals surface area (Å²) in [6, 6.07) is 11.1. The first kappa shape index (κ1) is 24.0. The summed E-state index contributed by atoms with van der Waals surface area (Å²) in [7, 11) is -3.74. The molecule has 0 unspecified atom stereocenters. The highest BCUT2D eigenvalue weighted by Gasteiger charge is 2.31. The molecule has 1 aromatic heterocycles. The Labute approximate surface area is 199 Å². The van der Waals surface area contributed by atoms with Gasteiger partial charge in [-0.2, -0.15) is 0 Å². The zero-order chi connectivity index (χ0) is 25.2. The van der Waals surface area contributed by atoms with Gasteiger partial charge in [-0.25, -0.2) is 22.8 Å². The van der Waals surface area contributed by atoms with Crippen molar-refractivity contribution in [2.24, 2.45) is 4.99 Å². The summed E-state index contributed by atoms with van der Waals surface area (Å²) in [5.74, 6) is -0.666. The van der Waals surface area contributed by atoms with Gasteiger partial charge >= 0.3 is 17.7 Å². The Morgan fingerprint density at radius 2 is 1.91 bits per heavy atom. The Morgan fingerprint density at radius 3 is 2.69 bits per heavy atom. The number of carbonyl (C=O) groups excluding carboxylic acids is 2. The predicted octanol–water partition coefficient (Wildman–Crippen LogP) is 2.53. The summed E-state index contributed by atoms with van der Waals surface area (Å²) < 4.78 is 42.1. The van der Waals surface area contributed by atoms with Crippen molar-refractivity contribution < 1.29 is 31.9 Å². The average Bonchev–Trinajstić information content (AvgIpc) is 3.06. The number of ether oxygens (including phenoxy) is 2. The first-order chi connectivity index (χ1) is 16.7. The predicted molar refractivity (Wildman–Crippen MR) is 126 cm³/mol. The van der Waals surface area contributed by atoms with Crippen molar-refractivity contribution >= 4 is 44.6 Å². The van der Waals surface area contributed by atoms with E-state index in [0.29, 0.717) is 22.2 Å². The van der Waals surface area contributed by atoms with Crippen LogP contribution < -0.4 is 15.7 Å². The van der Waals surface area contributed by atoms with Crippen molar-refractivity contribution in [3.8, 4) is 0 Å². The van der Waals surface area contributed by atoms with Crippen molar-refractivity contribution in [1.29, 1.82) is 0 Å². The van der Waals surface area contributed by atoms with Gasteiger partial charge < -0.3 is 13.9 Å². The van der Waals surface area contributed by atoms with Gasteiger partial charge in [-0.1, -0.05) is 12.1 Å². The van der Waals surface area contributed by atoms with E-state index in [0.717, 1.165) is 0 Å². The van der Waals surface area contributed by atoms with Gasteiger partial charge in [0.15, 0.2) is 0 Å². The number of nitrogens with one attached hydrogen (secondary N) is 2. The Hall–Kier alpha value is -4.19. The Bertz CT molecular complexity index is 1510. The molecule has 4 rings (SSSR count). The van der Waals surface area contributed by atoms with Crippen LogP contribution in [0.4, 0.5) is 10.5 Å². The maximum Gasteiger partial charge on any atom is 0.411 e. The Kier molecular flexibility index (Phi) is 6.56. The molecule has 2 aromatic carbocycles. The number of hydrogen-bond acceptors (Lipinski definition) is 9. The number of benzene rings is 2. The fourth-order valence-electron chi connectivity index (χ4n) is 3.46. The second-order valence-corrected chi connectivity index (χ2v) is 9.16. The minimum atomic E-state index is -3.74. The van der Waals surface area contributed by atoms with Crippen molar-refractivity contribution in [1.82, 2.24) is 4.72 Å². The van der Waals surface area contributed by atoms with Gasteiger partial charge in [-0.3, -0.25) is 15.0 Å². The van der Waals surface area contributed by atoms with Gasteiger partial charge in [0.1, 0.15) is 24.1 Å². The number of amidine groups is 1. The van der Waals surface area contributed by atoms with Gasteiger partial charge in [0.25, 0.3) is 10.0 Å². The molecule has 0 radical (unpaired) electrons. The highest BCUT2D eigenvalue weighted by atomic mass is 32.2. The lowest BCUT2D eigenvalue weighted by Gasteiger charge is -2.11. The third-order valence-corrected chi connectivity index (χ3v) is 6.45. The number of rotatable bonds is 6. The van der Waals surface area contributed by atoms with Crippen molar-refractivity contribution in [2.45, 2.75) is 31.4 Å². The lowest BCUT2D eigenvalue weighted by atomic mass is 10.1. The molecule has 2 heterocycles. The van der Waals surface area contributed by atoms with Gasteiger partial charge in [-0.15, -0.1) is 0 Å². The van der Waals surface area contributed by atoms with E-state index in [9.17, 15) is 22.8 Å². The molecule has 1 amide bonds. The minimum Gasteiger partial charge on any atom is -0.459 e. The molecule has 1 atom stereocenters. The molecule has 35 heavy (non-hydrogen) atoms. The number of fused-ring (bicyclic) bond motifs is 2. The van der Waals surface area contributed by atoms with E-state index in [1.165, 1.54) is 25.1 Å². The lowest BCUT2D eigenvalue weighted by molar-refractivity contribution is -0.145. The topological polar surface area (TPSA) is 153 Å². The van der Waals surface area contributed by atoms with E-state index >= 15 is 0 Å². The summed E-state index contributed by atoms with van der Waals surface area (Å²) in [5, 5.41) is 3.02. The maximum atomic E-state index is 12.6. The largest absolute Gasteiger partial charge is 0.459 e. The first-order valence-corrected chi connectivity index (χ1v) is 12.0. The number of esters is 1. The smallest absolute Gasteiger partial charge is 0.411 e. The summed E-state index contributed by atoms with van der Waals surface area (Å²) >= 11 is 0. The van der Waals surface area contributed by atoms with Crippen LogP contribution in [0.5, 0.6) is 0 Å². The molecule has 3 aromatic rings. The Morgan fingerprint density at radius 1 is 1.14 bits per heavy atom. The van der Waals surface area contributed by atoms with Crippen LogP contribution in [0.25, 0.3) is 11.0 Å². The van der Waals surface area contributed by atoms with Gasteiger partial charge in [0.05, 0.1) is 11.5 Å². The van der Waals surface area contributed by atoms with E-state index in [1.807, 2.05) is 0 Å².